The average Bonchev–Trinajstić information content (AvgIpc) is 2.62. The molecule has 26 heavy (non-hydrogen) atoms. The minimum atomic E-state index is -3.41. The van der Waals surface area contributed by atoms with Gasteiger partial charge in [-0.2, -0.15) is 4.31 Å². The second-order valence-corrected chi connectivity index (χ2v) is 9.74. The highest BCUT2D eigenvalue weighted by molar-refractivity contribution is 7.89. The van der Waals surface area contributed by atoms with Crippen molar-refractivity contribution >= 4 is 44.8 Å². The number of amides is 1. The number of carbonyl (C=O) groups excluding carboxylic acids is 1. The summed E-state index contributed by atoms with van der Waals surface area (Å²) >= 11 is 11.7. The maximum Gasteiger partial charge on any atom is 0.226 e. The van der Waals surface area contributed by atoms with E-state index in [9.17, 15) is 13.2 Å². The SMILES string of the molecule is CC(C)(CCl)C(=O)NCCS(=O)(=O)N1CCN(c2ccc(Cl)cc2)CC1. The highest BCUT2D eigenvalue weighted by Crippen LogP contribution is 2.20. The van der Waals surface area contributed by atoms with Crippen LogP contribution in [0.4, 0.5) is 5.69 Å². The molecule has 9 heteroatoms. The van der Waals surface area contributed by atoms with Gasteiger partial charge in [-0.25, -0.2) is 8.42 Å². The third-order valence-corrected chi connectivity index (χ3v) is 7.21. The molecule has 0 aromatic heterocycles. The zero-order valence-corrected chi connectivity index (χ0v) is 17.4. The molecule has 1 N–H and O–H groups in total. The third-order valence-electron chi connectivity index (χ3n) is 4.42. The molecule has 1 saturated heterocycles. The Morgan fingerprint density at radius 1 is 1.15 bits per heavy atom. The second kappa shape index (κ2) is 8.78. The van der Waals surface area contributed by atoms with E-state index in [1.54, 1.807) is 13.8 Å². The average molecular weight is 422 g/mol. The summed E-state index contributed by atoms with van der Waals surface area (Å²) in [5.74, 6) is -0.175. The highest BCUT2D eigenvalue weighted by atomic mass is 35.5. The maximum absolute atomic E-state index is 12.5. The summed E-state index contributed by atoms with van der Waals surface area (Å²) in [5.41, 5.74) is 0.317. The van der Waals surface area contributed by atoms with Crippen molar-refractivity contribution in [2.75, 3.05) is 49.3 Å². The molecule has 1 aliphatic heterocycles. The van der Waals surface area contributed by atoms with Crippen LogP contribution in [0.1, 0.15) is 13.8 Å². The molecular formula is C17H25Cl2N3O3S. The molecule has 1 aliphatic rings. The molecule has 1 heterocycles. The van der Waals surface area contributed by atoms with E-state index < -0.39 is 15.4 Å². The number of hydrogen-bond donors (Lipinski definition) is 1. The molecule has 6 nitrogen and oxygen atoms in total. The Morgan fingerprint density at radius 2 is 1.73 bits per heavy atom. The van der Waals surface area contributed by atoms with Gasteiger partial charge in [0, 0.05) is 49.3 Å². The molecule has 0 atom stereocenters. The van der Waals surface area contributed by atoms with E-state index in [1.165, 1.54) is 4.31 Å². The Hall–Kier alpha value is -1.02. The van der Waals surface area contributed by atoms with Gasteiger partial charge in [0.25, 0.3) is 0 Å². The molecule has 146 valence electrons. The van der Waals surface area contributed by atoms with Gasteiger partial charge in [-0.15, -0.1) is 11.6 Å². The van der Waals surface area contributed by atoms with Crippen LogP contribution in [0.25, 0.3) is 0 Å². The maximum atomic E-state index is 12.5. The van der Waals surface area contributed by atoms with Gasteiger partial charge in [-0.3, -0.25) is 4.79 Å². The van der Waals surface area contributed by atoms with Crippen LogP contribution in [0.3, 0.4) is 0 Å². The molecule has 0 aliphatic carbocycles. The zero-order chi connectivity index (χ0) is 19.4. The summed E-state index contributed by atoms with van der Waals surface area (Å²) in [6.45, 7) is 5.61. The number of anilines is 1. The van der Waals surface area contributed by atoms with Crippen molar-refractivity contribution in [3.63, 3.8) is 0 Å². The largest absolute Gasteiger partial charge is 0.369 e. The number of nitrogens with zero attached hydrogens (tertiary/aromatic N) is 2. The minimum absolute atomic E-state index is 0.0822. The smallest absolute Gasteiger partial charge is 0.226 e. The van der Waals surface area contributed by atoms with Crippen LogP contribution in [0, 0.1) is 5.41 Å². The summed E-state index contributed by atoms with van der Waals surface area (Å²) in [5, 5.41) is 3.33. The molecule has 0 spiro atoms. The fourth-order valence-electron chi connectivity index (χ4n) is 2.60. The van der Waals surface area contributed by atoms with E-state index in [4.69, 9.17) is 23.2 Å². The summed E-state index contributed by atoms with van der Waals surface area (Å²) in [7, 11) is -3.41. The molecule has 0 bridgehead atoms. The van der Waals surface area contributed by atoms with Crippen LogP contribution in [-0.2, 0) is 14.8 Å². The van der Waals surface area contributed by atoms with Crippen molar-refractivity contribution in [1.82, 2.24) is 9.62 Å². The predicted octanol–water partition coefficient (Wildman–Crippen LogP) is 2.17. The molecule has 1 aromatic rings. The van der Waals surface area contributed by atoms with Gasteiger partial charge in [-0.1, -0.05) is 11.6 Å². The van der Waals surface area contributed by atoms with E-state index in [1.807, 2.05) is 24.3 Å². The first-order valence-electron chi connectivity index (χ1n) is 8.48. The number of rotatable bonds is 7. The summed E-state index contributed by atoms with van der Waals surface area (Å²) < 4.78 is 26.5. The molecule has 0 unspecified atom stereocenters. The van der Waals surface area contributed by atoms with Crippen molar-refractivity contribution < 1.29 is 13.2 Å². The lowest BCUT2D eigenvalue weighted by Crippen LogP contribution is -2.50. The van der Waals surface area contributed by atoms with Gasteiger partial charge in [0.1, 0.15) is 0 Å². The van der Waals surface area contributed by atoms with Gasteiger partial charge in [-0.05, 0) is 38.1 Å². The van der Waals surface area contributed by atoms with Gasteiger partial charge >= 0.3 is 0 Å². The number of halogens is 2. The number of benzene rings is 1. The molecule has 2 rings (SSSR count). The topological polar surface area (TPSA) is 69.7 Å². The first-order valence-corrected chi connectivity index (χ1v) is 11.0. The molecule has 1 aromatic carbocycles. The quantitative estimate of drug-likeness (QED) is 0.684. The van der Waals surface area contributed by atoms with Crippen molar-refractivity contribution in [3.8, 4) is 0 Å². The summed E-state index contributed by atoms with van der Waals surface area (Å²) in [6.07, 6.45) is 0. The monoisotopic (exact) mass is 421 g/mol. The van der Waals surface area contributed by atoms with Crippen molar-refractivity contribution in [3.05, 3.63) is 29.3 Å². The predicted molar refractivity (Wildman–Crippen MR) is 107 cm³/mol. The Labute approximate surface area is 165 Å². The second-order valence-electron chi connectivity index (χ2n) is 6.95. The van der Waals surface area contributed by atoms with E-state index >= 15 is 0 Å². The van der Waals surface area contributed by atoms with Gasteiger partial charge in [0.15, 0.2) is 0 Å². The summed E-state index contributed by atoms with van der Waals surface area (Å²) in [4.78, 5) is 14.1. The lowest BCUT2D eigenvalue weighted by atomic mass is 9.95. The van der Waals surface area contributed by atoms with Crippen molar-refractivity contribution in [2.24, 2.45) is 5.41 Å². The van der Waals surface area contributed by atoms with Crippen molar-refractivity contribution in [1.29, 1.82) is 0 Å². The fourth-order valence-corrected chi connectivity index (χ4v) is 4.18. The lowest BCUT2D eigenvalue weighted by molar-refractivity contribution is -0.128. The number of carbonyl (C=O) groups is 1. The first kappa shape index (κ1) is 21.3. The zero-order valence-electron chi connectivity index (χ0n) is 15.0. The van der Waals surface area contributed by atoms with Crippen LogP contribution < -0.4 is 10.2 Å². The molecule has 1 amide bonds. The van der Waals surface area contributed by atoms with Gasteiger partial charge in [0.2, 0.25) is 15.9 Å². The summed E-state index contributed by atoms with van der Waals surface area (Å²) in [6, 6.07) is 7.51. The Bertz CT molecular complexity index is 715. The Balaban J connectivity index is 1.83. The number of piperazine rings is 1. The molecule has 0 saturated carbocycles. The van der Waals surface area contributed by atoms with Crippen LogP contribution in [0.2, 0.25) is 5.02 Å². The minimum Gasteiger partial charge on any atom is -0.369 e. The van der Waals surface area contributed by atoms with Crippen LogP contribution in [0.15, 0.2) is 24.3 Å². The molecule has 0 radical (unpaired) electrons. The van der Waals surface area contributed by atoms with Crippen molar-refractivity contribution in [2.45, 2.75) is 13.8 Å². The highest BCUT2D eigenvalue weighted by Gasteiger charge is 2.29. The van der Waals surface area contributed by atoms with E-state index in [0.29, 0.717) is 31.2 Å². The lowest BCUT2D eigenvalue weighted by Gasteiger charge is -2.35. The van der Waals surface area contributed by atoms with Gasteiger partial charge < -0.3 is 10.2 Å². The Kier molecular flexibility index (Phi) is 7.19. The first-order chi connectivity index (χ1) is 12.2. The standard InChI is InChI=1S/C17H25Cl2N3O3S/c1-17(2,13-18)16(23)20-7-12-26(24,25)22-10-8-21(9-11-22)15-5-3-14(19)4-6-15/h3-6H,7-13H2,1-2H3,(H,20,23). The normalized spacial score (nSPS) is 16.5. The van der Waals surface area contributed by atoms with E-state index in [0.717, 1.165) is 5.69 Å². The number of sulfonamides is 1. The number of nitrogens with one attached hydrogen (secondary N) is 1. The van der Waals surface area contributed by atoms with Crippen LogP contribution in [0.5, 0.6) is 0 Å². The number of alkyl halides is 1. The van der Waals surface area contributed by atoms with Crippen LogP contribution in [-0.4, -0.2) is 63.0 Å². The third kappa shape index (κ3) is 5.49. The molecule has 1 fully saturated rings. The Morgan fingerprint density at radius 3 is 2.27 bits per heavy atom. The van der Waals surface area contributed by atoms with E-state index in [-0.39, 0.29) is 24.1 Å². The van der Waals surface area contributed by atoms with Crippen LogP contribution >= 0.6 is 23.2 Å². The molecular weight excluding hydrogens is 397 g/mol. The van der Waals surface area contributed by atoms with Gasteiger partial charge in [0.05, 0.1) is 11.2 Å². The fraction of sp³-hybridized carbons (Fsp3) is 0.588. The van der Waals surface area contributed by atoms with E-state index in [2.05, 4.69) is 10.2 Å². The number of hydrogen-bond acceptors (Lipinski definition) is 4.